The summed E-state index contributed by atoms with van der Waals surface area (Å²) in [5, 5.41) is 12.9. The van der Waals surface area contributed by atoms with Crippen molar-refractivity contribution >= 4 is 40.6 Å². The Morgan fingerprint density at radius 2 is 2.12 bits per heavy atom. The highest BCUT2D eigenvalue weighted by Gasteiger charge is 2.17. The maximum Gasteiger partial charge on any atom is 0.277 e. The number of nitrogens with one attached hydrogen (secondary N) is 1. The molecule has 3 rings (SSSR count). The Bertz CT molecular complexity index is 925. The van der Waals surface area contributed by atoms with Crippen molar-refractivity contribution < 1.29 is 9.21 Å². The van der Waals surface area contributed by atoms with Crippen LogP contribution in [-0.4, -0.2) is 26.8 Å². The van der Waals surface area contributed by atoms with Crippen molar-refractivity contribution in [1.29, 1.82) is 0 Å². The van der Waals surface area contributed by atoms with E-state index in [1.54, 1.807) is 6.07 Å². The zero-order valence-electron chi connectivity index (χ0n) is 14.4. The minimum absolute atomic E-state index is 0.132. The van der Waals surface area contributed by atoms with E-state index in [0.717, 1.165) is 21.1 Å². The number of amides is 1. The molecular weight excluding hydrogens is 392 g/mol. The number of rotatable bonds is 6. The molecule has 0 aliphatic carbocycles. The van der Waals surface area contributed by atoms with Crippen molar-refractivity contribution in [2.24, 2.45) is 0 Å². The average Bonchev–Trinajstić information content (AvgIpc) is 3.19. The van der Waals surface area contributed by atoms with E-state index in [1.807, 2.05) is 39.0 Å². The number of aromatic nitrogens is 3. The Morgan fingerprint density at radius 1 is 1.35 bits per heavy atom. The highest BCUT2D eigenvalue weighted by atomic mass is 35.5. The number of hydrogen-bond donors (Lipinski definition) is 1. The lowest BCUT2D eigenvalue weighted by Crippen LogP contribution is -2.28. The molecule has 0 fully saturated rings. The van der Waals surface area contributed by atoms with Crippen LogP contribution in [0, 0.1) is 13.8 Å². The van der Waals surface area contributed by atoms with Crippen LogP contribution in [0.1, 0.15) is 29.2 Å². The van der Waals surface area contributed by atoms with Crippen molar-refractivity contribution in [1.82, 2.24) is 20.5 Å². The van der Waals surface area contributed by atoms with Crippen LogP contribution in [0.3, 0.4) is 0 Å². The first kappa shape index (κ1) is 18.9. The minimum atomic E-state index is -0.183. The van der Waals surface area contributed by atoms with Gasteiger partial charge < -0.3 is 9.73 Å². The van der Waals surface area contributed by atoms with Gasteiger partial charge in [-0.15, -0.1) is 21.5 Å². The molecule has 0 saturated heterocycles. The molecule has 1 amide bonds. The van der Waals surface area contributed by atoms with E-state index < -0.39 is 0 Å². The van der Waals surface area contributed by atoms with Gasteiger partial charge in [0, 0.05) is 5.02 Å². The summed E-state index contributed by atoms with van der Waals surface area (Å²) in [6.45, 7) is 5.72. The maximum absolute atomic E-state index is 12.2. The molecular formula is C17H17ClN4O2S2. The molecule has 0 bridgehead atoms. The third kappa shape index (κ3) is 4.44. The molecule has 2 aromatic heterocycles. The SMILES string of the molecule is Cc1nc(C)c(-c2nnc(SCC(=O)NC(C)c3ccccc3Cl)o2)s1. The first-order chi connectivity index (χ1) is 12.4. The van der Waals surface area contributed by atoms with Gasteiger partial charge in [0.25, 0.3) is 11.1 Å². The maximum atomic E-state index is 12.2. The summed E-state index contributed by atoms with van der Waals surface area (Å²) in [5.41, 5.74) is 1.74. The van der Waals surface area contributed by atoms with Gasteiger partial charge >= 0.3 is 0 Å². The lowest BCUT2D eigenvalue weighted by Gasteiger charge is -2.15. The molecule has 1 aromatic carbocycles. The normalized spacial score (nSPS) is 12.2. The number of thiazole rings is 1. The zero-order chi connectivity index (χ0) is 18.7. The van der Waals surface area contributed by atoms with Gasteiger partial charge in [0.2, 0.25) is 5.91 Å². The average molecular weight is 409 g/mol. The molecule has 3 aromatic rings. The molecule has 0 spiro atoms. The number of carbonyl (C=O) groups is 1. The molecule has 1 unspecified atom stereocenters. The number of thioether (sulfide) groups is 1. The Balaban J connectivity index is 1.57. The number of aryl methyl sites for hydroxylation is 2. The fraction of sp³-hybridized carbons (Fsp3) is 0.294. The Hall–Kier alpha value is -1.90. The fourth-order valence-electron chi connectivity index (χ4n) is 2.40. The predicted octanol–water partition coefficient (Wildman–Crippen LogP) is 4.43. The Morgan fingerprint density at radius 3 is 2.81 bits per heavy atom. The summed E-state index contributed by atoms with van der Waals surface area (Å²) >= 11 is 8.86. The third-order valence-corrected chi connectivity index (χ3v) is 5.80. The molecule has 1 N–H and O–H groups in total. The molecule has 6 nitrogen and oxygen atoms in total. The molecule has 0 aliphatic heterocycles. The van der Waals surface area contributed by atoms with E-state index in [9.17, 15) is 4.79 Å². The van der Waals surface area contributed by atoms with E-state index in [-0.39, 0.29) is 17.7 Å². The van der Waals surface area contributed by atoms with Crippen molar-refractivity contribution in [3.05, 3.63) is 45.6 Å². The molecule has 0 radical (unpaired) electrons. The van der Waals surface area contributed by atoms with Crippen LogP contribution in [0.25, 0.3) is 10.8 Å². The first-order valence-corrected chi connectivity index (χ1v) is 10.1. The van der Waals surface area contributed by atoms with Gasteiger partial charge in [-0.05, 0) is 32.4 Å². The number of halogens is 1. The number of nitrogens with zero attached hydrogens (tertiary/aromatic N) is 3. The van der Waals surface area contributed by atoms with E-state index >= 15 is 0 Å². The highest BCUT2D eigenvalue weighted by Crippen LogP contribution is 2.30. The quantitative estimate of drug-likeness (QED) is 0.607. The van der Waals surface area contributed by atoms with Crippen LogP contribution in [0.15, 0.2) is 33.9 Å². The largest absolute Gasteiger partial charge is 0.410 e. The summed E-state index contributed by atoms with van der Waals surface area (Å²) in [4.78, 5) is 17.4. The third-order valence-electron chi connectivity index (χ3n) is 3.58. The van der Waals surface area contributed by atoms with E-state index in [1.165, 1.54) is 23.1 Å². The molecule has 0 saturated carbocycles. The van der Waals surface area contributed by atoms with Crippen LogP contribution in [-0.2, 0) is 4.79 Å². The van der Waals surface area contributed by atoms with Crippen molar-refractivity contribution in [3.8, 4) is 10.8 Å². The minimum Gasteiger partial charge on any atom is -0.410 e. The van der Waals surface area contributed by atoms with Crippen molar-refractivity contribution in [2.45, 2.75) is 32.0 Å². The van der Waals surface area contributed by atoms with Gasteiger partial charge in [-0.3, -0.25) is 4.79 Å². The van der Waals surface area contributed by atoms with Crippen molar-refractivity contribution in [3.63, 3.8) is 0 Å². The molecule has 0 aliphatic rings. The fourth-order valence-corrected chi connectivity index (χ4v) is 4.12. The molecule has 136 valence electrons. The number of benzene rings is 1. The van der Waals surface area contributed by atoms with Crippen LogP contribution in [0.2, 0.25) is 5.02 Å². The van der Waals surface area contributed by atoms with Crippen LogP contribution in [0.4, 0.5) is 0 Å². The topological polar surface area (TPSA) is 80.9 Å². The summed E-state index contributed by atoms with van der Waals surface area (Å²) in [6.07, 6.45) is 0. The Kier molecular flexibility index (Phi) is 5.95. The zero-order valence-corrected chi connectivity index (χ0v) is 16.8. The summed E-state index contributed by atoms with van der Waals surface area (Å²) in [5.74, 6) is 0.476. The van der Waals surface area contributed by atoms with Gasteiger partial charge in [-0.2, -0.15) is 0 Å². The molecule has 2 heterocycles. The second-order valence-electron chi connectivity index (χ2n) is 5.62. The second kappa shape index (κ2) is 8.20. The summed E-state index contributed by atoms with van der Waals surface area (Å²) < 4.78 is 5.63. The lowest BCUT2D eigenvalue weighted by atomic mass is 10.1. The lowest BCUT2D eigenvalue weighted by molar-refractivity contribution is -0.119. The first-order valence-electron chi connectivity index (χ1n) is 7.88. The standard InChI is InChI=1S/C17H17ClN4O2S2/c1-9(12-6-4-5-7-13(12)18)20-14(23)8-25-17-22-21-16(24-17)15-10(2)19-11(3)26-15/h4-7,9H,8H2,1-3H3,(H,20,23). The van der Waals surface area contributed by atoms with E-state index in [2.05, 4.69) is 20.5 Å². The monoisotopic (exact) mass is 408 g/mol. The van der Waals surface area contributed by atoms with Crippen LogP contribution in [0.5, 0.6) is 0 Å². The van der Waals surface area contributed by atoms with Crippen LogP contribution >= 0.6 is 34.7 Å². The predicted molar refractivity (Wildman–Crippen MR) is 104 cm³/mol. The summed E-state index contributed by atoms with van der Waals surface area (Å²) in [6, 6.07) is 7.26. The smallest absolute Gasteiger partial charge is 0.277 e. The van der Waals surface area contributed by atoms with Gasteiger partial charge in [0.05, 0.1) is 22.5 Å². The van der Waals surface area contributed by atoms with Gasteiger partial charge in [-0.25, -0.2) is 4.98 Å². The Labute approximate surface area is 164 Å². The van der Waals surface area contributed by atoms with E-state index in [4.69, 9.17) is 16.0 Å². The highest BCUT2D eigenvalue weighted by molar-refractivity contribution is 7.99. The van der Waals surface area contributed by atoms with Crippen LogP contribution < -0.4 is 5.32 Å². The summed E-state index contributed by atoms with van der Waals surface area (Å²) in [7, 11) is 0. The number of hydrogen-bond acceptors (Lipinski definition) is 7. The molecule has 9 heteroatoms. The van der Waals surface area contributed by atoms with Gasteiger partial charge in [0.1, 0.15) is 4.88 Å². The second-order valence-corrected chi connectivity index (χ2v) is 8.16. The van der Waals surface area contributed by atoms with Gasteiger partial charge in [-0.1, -0.05) is 41.6 Å². The molecule has 26 heavy (non-hydrogen) atoms. The van der Waals surface area contributed by atoms with E-state index in [0.29, 0.717) is 16.1 Å². The van der Waals surface area contributed by atoms with Gasteiger partial charge in [0.15, 0.2) is 0 Å². The number of carbonyl (C=O) groups excluding carboxylic acids is 1. The molecule has 1 atom stereocenters. The van der Waals surface area contributed by atoms with Crippen molar-refractivity contribution in [2.75, 3.05) is 5.75 Å².